The lowest BCUT2D eigenvalue weighted by Crippen LogP contribution is -2.32. The van der Waals surface area contributed by atoms with Crippen LogP contribution in [0.25, 0.3) is 6.08 Å². The van der Waals surface area contributed by atoms with E-state index in [9.17, 15) is 14.9 Å². The summed E-state index contributed by atoms with van der Waals surface area (Å²) in [6.45, 7) is 0. The normalized spacial score (nSPS) is 10.4. The number of anilines is 1. The van der Waals surface area contributed by atoms with Crippen LogP contribution in [0.2, 0.25) is 0 Å². The van der Waals surface area contributed by atoms with Crippen LogP contribution in [0.15, 0.2) is 47.1 Å². The monoisotopic (exact) mass is 347 g/mol. The van der Waals surface area contributed by atoms with Gasteiger partial charge in [-0.25, -0.2) is 0 Å². The van der Waals surface area contributed by atoms with E-state index in [4.69, 9.17) is 21.4 Å². The van der Waals surface area contributed by atoms with Gasteiger partial charge in [-0.1, -0.05) is 0 Å². The number of nitro benzene ring substituents is 1. The summed E-state index contributed by atoms with van der Waals surface area (Å²) in [6, 6.07) is 7.39. The molecule has 1 heterocycles. The Morgan fingerprint density at radius 2 is 2.21 bits per heavy atom. The number of amides is 1. The van der Waals surface area contributed by atoms with E-state index in [-0.39, 0.29) is 16.5 Å². The second kappa shape index (κ2) is 7.88. The Labute approximate surface area is 142 Å². The molecule has 0 saturated carbocycles. The lowest BCUT2D eigenvalue weighted by atomic mass is 10.2. The van der Waals surface area contributed by atoms with E-state index >= 15 is 0 Å². The quantitative estimate of drug-likeness (QED) is 0.371. The van der Waals surface area contributed by atoms with Crippen molar-refractivity contribution in [3.8, 4) is 5.75 Å². The van der Waals surface area contributed by atoms with Gasteiger partial charge in [0.1, 0.15) is 11.5 Å². The number of benzene rings is 1. The standard InChI is InChI=1S/C15H13N3O5S/c1-22-13-9-10(18(20)21)4-6-12(13)16-15(24)17-14(19)7-5-11-3-2-8-23-11/h2-9H,1H3,(H2,16,17,19,24)/b7-5+. The fourth-order valence-electron chi connectivity index (χ4n) is 1.75. The number of ether oxygens (including phenoxy) is 1. The molecule has 0 unspecified atom stereocenters. The minimum absolute atomic E-state index is 0.0243. The Kier molecular flexibility index (Phi) is 5.63. The van der Waals surface area contributed by atoms with Crippen molar-refractivity contribution in [2.45, 2.75) is 0 Å². The summed E-state index contributed by atoms with van der Waals surface area (Å²) in [7, 11) is 1.37. The number of non-ortho nitro benzene ring substituents is 1. The number of carbonyl (C=O) groups is 1. The van der Waals surface area contributed by atoms with Crippen LogP contribution >= 0.6 is 12.2 Å². The maximum Gasteiger partial charge on any atom is 0.273 e. The first-order valence-electron chi connectivity index (χ1n) is 6.65. The molecule has 1 amide bonds. The van der Waals surface area contributed by atoms with Crippen LogP contribution in [-0.4, -0.2) is 23.1 Å². The van der Waals surface area contributed by atoms with Gasteiger partial charge in [-0.15, -0.1) is 0 Å². The highest BCUT2D eigenvalue weighted by molar-refractivity contribution is 7.80. The zero-order valence-corrected chi connectivity index (χ0v) is 13.3. The topological polar surface area (TPSA) is 107 Å². The van der Waals surface area contributed by atoms with Crippen molar-refractivity contribution in [2.24, 2.45) is 0 Å². The summed E-state index contributed by atoms with van der Waals surface area (Å²) in [5.74, 6) is 0.303. The molecule has 0 aliphatic rings. The first kappa shape index (κ1) is 17.2. The van der Waals surface area contributed by atoms with Gasteiger partial charge in [0.2, 0.25) is 5.91 Å². The number of carbonyl (C=O) groups excluding carboxylic acids is 1. The van der Waals surface area contributed by atoms with Crippen molar-refractivity contribution in [3.05, 3.63) is 58.5 Å². The van der Waals surface area contributed by atoms with Gasteiger partial charge in [-0.05, 0) is 36.5 Å². The molecule has 2 N–H and O–H groups in total. The molecule has 0 bridgehead atoms. The molecule has 0 aliphatic heterocycles. The maximum absolute atomic E-state index is 11.7. The molecule has 2 rings (SSSR count). The fourth-order valence-corrected chi connectivity index (χ4v) is 1.96. The van der Waals surface area contributed by atoms with Crippen molar-refractivity contribution < 1.29 is 18.9 Å². The molecule has 2 aromatic rings. The molecule has 124 valence electrons. The van der Waals surface area contributed by atoms with E-state index in [2.05, 4.69) is 10.6 Å². The molecule has 0 radical (unpaired) electrons. The summed E-state index contributed by atoms with van der Waals surface area (Å²) >= 11 is 5.03. The Morgan fingerprint density at radius 3 is 2.83 bits per heavy atom. The molecular formula is C15H13N3O5S. The van der Waals surface area contributed by atoms with Crippen molar-refractivity contribution in [1.82, 2.24) is 5.32 Å². The number of methoxy groups -OCH3 is 1. The van der Waals surface area contributed by atoms with Crippen LogP contribution in [0.3, 0.4) is 0 Å². The van der Waals surface area contributed by atoms with Gasteiger partial charge in [-0.3, -0.25) is 20.2 Å². The number of hydrogen-bond acceptors (Lipinski definition) is 6. The van der Waals surface area contributed by atoms with E-state index < -0.39 is 10.8 Å². The highest BCUT2D eigenvalue weighted by atomic mass is 32.1. The lowest BCUT2D eigenvalue weighted by molar-refractivity contribution is -0.384. The summed E-state index contributed by atoms with van der Waals surface area (Å²) in [5, 5.41) is 16.0. The minimum atomic E-state index is -0.536. The van der Waals surface area contributed by atoms with Crippen molar-refractivity contribution >= 4 is 40.7 Å². The van der Waals surface area contributed by atoms with Crippen molar-refractivity contribution in [2.75, 3.05) is 12.4 Å². The molecule has 0 atom stereocenters. The third-order valence-electron chi connectivity index (χ3n) is 2.82. The number of thiocarbonyl (C=S) groups is 1. The Hall–Kier alpha value is -3.20. The average Bonchev–Trinajstić information content (AvgIpc) is 3.06. The van der Waals surface area contributed by atoms with Crippen molar-refractivity contribution in [3.63, 3.8) is 0 Å². The highest BCUT2D eigenvalue weighted by Gasteiger charge is 2.12. The largest absolute Gasteiger partial charge is 0.494 e. The average molecular weight is 347 g/mol. The Bertz CT molecular complexity index is 786. The molecule has 8 nitrogen and oxygen atoms in total. The van der Waals surface area contributed by atoms with E-state index in [1.54, 1.807) is 12.1 Å². The number of nitrogens with zero attached hydrogens (tertiary/aromatic N) is 1. The maximum atomic E-state index is 11.7. The van der Waals surface area contributed by atoms with Crippen LogP contribution in [0, 0.1) is 10.1 Å². The molecule has 0 spiro atoms. The first-order valence-corrected chi connectivity index (χ1v) is 7.06. The van der Waals surface area contributed by atoms with E-state index in [0.717, 1.165) is 0 Å². The first-order chi connectivity index (χ1) is 11.5. The predicted octanol–water partition coefficient (Wildman–Crippen LogP) is 2.72. The number of rotatable bonds is 5. The molecule has 0 aliphatic carbocycles. The number of nitrogens with one attached hydrogen (secondary N) is 2. The van der Waals surface area contributed by atoms with Gasteiger partial charge < -0.3 is 14.5 Å². The predicted molar refractivity (Wildman–Crippen MR) is 91.8 cm³/mol. The van der Waals surface area contributed by atoms with Crippen LogP contribution in [0.1, 0.15) is 5.76 Å². The van der Waals surface area contributed by atoms with Crippen molar-refractivity contribution in [1.29, 1.82) is 0 Å². The number of hydrogen-bond donors (Lipinski definition) is 2. The van der Waals surface area contributed by atoms with Gasteiger partial charge in [0.05, 0.1) is 30.1 Å². The second-order valence-corrected chi connectivity index (χ2v) is 4.84. The van der Waals surface area contributed by atoms with E-state index in [1.165, 1.54) is 43.7 Å². The fraction of sp³-hybridized carbons (Fsp3) is 0.0667. The molecule has 0 saturated heterocycles. The molecular weight excluding hydrogens is 334 g/mol. The highest BCUT2D eigenvalue weighted by Crippen LogP contribution is 2.28. The summed E-state index contributed by atoms with van der Waals surface area (Å²) < 4.78 is 10.1. The molecule has 24 heavy (non-hydrogen) atoms. The van der Waals surface area contributed by atoms with Gasteiger partial charge in [0.15, 0.2) is 5.11 Å². The van der Waals surface area contributed by atoms with E-state index in [1.807, 2.05) is 0 Å². The van der Waals surface area contributed by atoms with Gasteiger partial charge in [0.25, 0.3) is 5.69 Å². The second-order valence-electron chi connectivity index (χ2n) is 4.43. The number of nitro groups is 1. The van der Waals surface area contributed by atoms with E-state index in [0.29, 0.717) is 11.4 Å². The smallest absolute Gasteiger partial charge is 0.273 e. The zero-order chi connectivity index (χ0) is 17.5. The van der Waals surface area contributed by atoms with Crippen LogP contribution in [0.4, 0.5) is 11.4 Å². The Balaban J connectivity index is 1.99. The van der Waals surface area contributed by atoms with Crippen LogP contribution < -0.4 is 15.4 Å². The molecule has 1 aromatic heterocycles. The van der Waals surface area contributed by atoms with Gasteiger partial charge in [-0.2, -0.15) is 0 Å². The third-order valence-corrected chi connectivity index (χ3v) is 3.03. The lowest BCUT2D eigenvalue weighted by Gasteiger charge is -2.11. The Morgan fingerprint density at radius 1 is 1.42 bits per heavy atom. The SMILES string of the molecule is COc1cc([N+](=O)[O-])ccc1NC(=S)NC(=O)/C=C/c1ccco1. The number of furan rings is 1. The zero-order valence-electron chi connectivity index (χ0n) is 12.5. The summed E-state index contributed by atoms with van der Waals surface area (Å²) in [5.41, 5.74) is 0.275. The summed E-state index contributed by atoms with van der Waals surface area (Å²) in [4.78, 5) is 22.0. The molecule has 1 aromatic carbocycles. The minimum Gasteiger partial charge on any atom is -0.494 e. The third kappa shape index (κ3) is 4.65. The van der Waals surface area contributed by atoms with Crippen LogP contribution in [0.5, 0.6) is 5.75 Å². The van der Waals surface area contributed by atoms with Gasteiger partial charge in [0, 0.05) is 12.1 Å². The van der Waals surface area contributed by atoms with Crippen LogP contribution in [-0.2, 0) is 4.79 Å². The summed E-state index contributed by atoms with van der Waals surface area (Å²) in [6.07, 6.45) is 4.24. The molecule has 0 fully saturated rings. The molecule has 9 heteroatoms. The van der Waals surface area contributed by atoms with Gasteiger partial charge >= 0.3 is 0 Å².